The van der Waals surface area contributed by atoms with Gasteiger partial charge >= 0.3 is 0 Å². The molecule has 3 rings (SSSR count). The summed E-state index contributed by atoms with van der Waals surface area (Å²) in [4.78, 5) is 0.277. The van der Waals surface area contributed by atoms with Crippen molar-refractivity contribution < 1.29 is 8.42 Å². The predicted molar refractivity (Wildman–Crippen MR) is 112 cm³/mol. The van der Waals surface area contributed by atoms with Crippen LogP contribution < -0.4 is 4.72 Å². The van der Waals surface area contributed by atoms with Crippen molar-refractivity contribution in [3.63, 3.8) is 0 Å². The number of aryl methyl sites for hydroxylation is 3. The summed E-state index contributed by atoms with van der Waals surface area (Å²) in [6.45, 7) is 5.70. The van der Waals surface area contributed by atoms with E-state index in [1.165, 1.54) is 5.56 Å². The number of rotatable bonds is 6. The van der Waals surface area contributed by atoms with E-state index in [-0.39, 0.29) is 10.7 Å². The van der Waals surface area contributed by atoms with Crippen molar-refractivity contribution in [2.45, 2.75) is 38.5 Å². The summed E-state index contributed by atoms with van der Waals surface area (Å²) in [5, 5.41) is 7.02. The third kappa shape index (κ3) is 4.42. The largest absolute Gasteiger partial charge is 0.276 e. The Hall–Kier alpha value is -2.12. The van der Waals surface area contributed by atoms with Gasteiger partial charge in [-0.2, -0.15) is 5.10 Å². The van der Waals surface area contributed by atoms with E-state index < -0.39 is 10.0 Å². The van der Waals surface area contributed by atoms with E-state index in [2.05, 4.69) is 49.9 Å². The summed E-state index contributed by atoms with van der Waals surface area (Å²) >= 11 is 3.39. The average molecular weight is 448 g/mol. The van der Waals surface area contributed by atoms with Gasteiger partial charge in [0.1, 0.15) is 0 Å². The zero-order valence-corrected chi connectivity index (χ0v) is 17.9. The molecule has 5 nitrogen and oxygen atoms in total. The third-order valence-corrected chi connectivity index (χ3v) is 6.43. The van der Waals surface area contributed by atoms with Crippen LogP contribution in [0.1, 0.15) is 30.0 Å². The van der Waals surface area contributed by atoms with E-state index in [1.807, 2.05) is 12.1 Å². The first-order valence-corrected chi connectivity index (χ1v) is 11.0. The van der Waals surface area contributed by atoms with Crippen LogP contribution in [-0.2, 0) is 16.4 Å². The number of hydrogen-bond acceptors (Lipinski definition) is 3. The van der Waals surface area contributed by atoms with Gasteiger partial charge in [0.2, 0.25) is 0 Å². The lowest BCUT2D eigenvalue weighted by Gasteiger charge is -2.12. The summed E-state index contributed by atoms with van der Waals surface area (Å²) in [7, 11) is -3.73. The Labute approximate surface area is 168 Å². The molecule has 0 saturated carbocycles. The molecule has 7 heteroatoms. The molecule has 0 bridgehead atoms. The fourth-order valence-electron chi connectivity index (χ4n) is 3.17. The van der Waals surface area contributed by atoms with Gasteiger partial charge in [-0.15, -0.1) is 0 Å². The van der Waals surface area contributed by atoms with Gasteiger partial charge in [-0.05, 0) is 54.7 Å². The summed E-state index contributed by atoms with van der Waals surface area (Å²) in [6, 6.07) is 13.5. The monoisotopic (exact) mass is 447 g/mol. The smallest absolute Gasteiger partial charge is 0.263 e. The topological polar surface area (TPSA) is 74.8 Å². The lowest BCUT2D eigenvalue weighted by molar-refractivity contribution is 0.599. The Balaban J connectivity index is 1.85. The summed E-state index contributed by atoms with van der Waals surface area (Å²) in [5.41, 5.74) is 4.36. The maximum absolute atomic E-state index is 12.8. The van der Waals surface area contributed by atoms with Crippen molar-refractivity contribution in [3.05, 3.63) is 63.6 Å². The maximum Gasteiger partial charge on any atom is 0.263 e. The normalized spacial score (nSPS) is 11.6. The number of benzene rings is 2. The van der Waals surface area contributed by atoms with Gasteiger partial charge in [0, 0.05) is 10.5 Å². The Morgan fingerprint density at radius 2 is 1.70 bits per heavy atom. The number of halogens is 1. The van der Waals surface area contributed by atoms with Crippen LogP contribution in [0.5, 0.6) is 0 Å². The molecule has 0 spiro atoms. The first-order chi connectivity index (χ1) is 12.8. The molecule has 2 aromatic carbocycles. The predicted octanol–water partition coefficient (Wildman–Crippen LogP) is 5.21. The maximum atomic E-state index is 12.8. The second kappa shape index (κ2) is 7.86. The van der Waals surface area contributed by atoms with Gasteiger partial charge in [0.05, 0.1) is 10.6 Å². The van der Waals surface area contributed by atoms with Gasteiger partial charge in [0.25, 0.3) is 10.0 Å². The van der Waals surface area contributed by atoms with Crippen molar-refractivity contribution in [2.24, 2.45) is 0 Å². The van der Waals surface area contributed by atoms with Crippen LogP contribution in [0.4, 0.5) is 5.82 Å². The van der Waals surface area contributed by atoms with Gasteiger partial charge < -0.3 is 0 Å². The molecule has 1 heterocycles. The Morgan fingerprint density at radius 3 is 2.30 bits per heavy atom. The molecule has 0 amide bonds. The molecular formula is C20H22BrN3O2S. The molecule has 27 heavy (non-hydrogen) atoms. The van der Waals surface area contributed by atoms with Gasteiger partial charge in [-0.25, -0.2) is 8.42 Å². The van der Waals surface area contributed by atoms with Gasteiger partial charge in [-0.1, -0.05) is 53.5 Å². The van der Waals surface area contributed by atoms with Crippen LogP contribution >= 0.6 is 15.9 Å². The molecule has 0 aliphatic carbocycles. The standard InChI is InChI=1S/C20H22BrN3O2S/c1-4-5-15-6-8-16(9-7-15)18-12-19(23-22-18)24-27(25,26)20-13(2)10-17(21)11-14(20)3/h6-12H,4-5H2,1-3H3,(H2,22,23,24). The molecule has 2 N–H and O–H groups in total. The SMILES string of the molecule is CCCc1ccc(-c2cc(NS(=O)(=O)c3c(C)cc(Br)cc3C)n[nH]2)cc1. The lowest BCUT2D eigenvalue weighted by atomic mass is 10.1. The minimum atomic E-state index is -3.73. The van der Waals surface area contributed by atoms with E-state index in [0.717, 1.165) is 28.6 Å². The first kappa shape index (κ1) is 19.6. The number of anilines is 1. The Kier molecular flexibility index (Phi) is 5.72. The second-order valence-corrected chi connectivity index (χ2v) is 9.12. The van der Waals surface area contributed by atoms with Crippen molar-refractivity contribution in [3.8, 4) is 11.3 Å². The molecular weight excluding hydrogens is 426 g/mol. The molecule has 1 aromatic heterocycles. The van der Waals surface area contributed by atoms with E-state index in [0.29, 0.717) is 11.1 Å². The highest BCUT2D eigenvalue weighted by Gasteiger charge is 2.21. The molecule has 0 atom stereocenters. The van der Waals surface area contributed by atoms with Crippen molar-refractivity contribution in [1.29, 1.82) is 0 Å². The third-order valence-electron chi connectivity index (χ3n) is 4.31. The second-order valence-electron chi connectivity index (χ2n) is 6.59. The van der Waals surface area contributed by atoms with Crippen molar-refractivity contribution in [1.82, 2.24) is 10.2 Å². The Bertz CT molecular complexity index is 1030. The van der Waals surface area contributed by atoms with Crippen LogP contribution in [0.3, 0.4) is 0 Å². The number of nitrogens with zero attached hydrogens (tertiary/aromatic N) is 1. The highest BCUT2D eigenvalue weighted by Crippen LogP contribution is 2.27. The van der Waals surface area contributed by atoms with Gasteiger partial charge in [-0.3, -0.25) is 9.82 Å². The molecule has 0 aliphatic rings. The quantitative estimate of drug-likeness (QED) is 0.544. The number of hydrogen-bond donors (Lipinski definition) is 2. The summed E-state index contributed by atoms with van der Waals surface area (Å²) in [5.74, 6) is 0.268. The fourth-order valence-corrected chi connectivity index (χ4v) is 5.31. The minimum absolute atomic E-state index is 0.268. The average Bonchev–Trinajstić information content (AvgIpc) is 3.02. The van der Waals surface area contributed by atoms with Crippen LogP contribution in [-0.4, -0.2) is 18.6 Å². The van der Waals surface area contributed by atoms with Crippen LogP contribution in [0.15, 0.2) is 51.8 Å². The fraction of sp³-hybridized carbons (Fsp3) is 0.250. The molecule has 142 valence electrons. The van der Waals surface area contributed by atoms with E-state index in [4.69, 9.17) is 0 Å². The zero-order valence-electron chi connectivity index (χ0n) is 15.5. The van der Waals surface area contributed by atoms with E-state index in [1.54, 1.807) is 32.0 Å². The van der Waals surface area contributed by atoms with Crippen molar-refractivity contribution >= 4 is 31.8 Å². The first-order valence-electron chi connectivity index (χ1n) is 8.74. The summed E-state index contributed by atoms with van der Waals surface area (Å²) < 4.78 is 29.1. The van der Waals surface area contributed by atoms with Crippen LogP contribution in [0.2, 0.25) is 0 Å². The van der Waals surface area contributed by atoms with E-state index >= 15 is 0 Å². The van der Waals surface area contributed by atoms with Crippen molar-refractivity contribution in [2.75, 3.05) is 4.72 Å². The number of sulfonamides is 1. The molecule has 3 aromatic rings. The Morgan fingerprint density at radius 1 is 1.07 bits per heavy atom. The molecule has 0 aliphatic heterocycles. The number of aromatic nitrogens is 2. The van der Waals surface area contributed by atoms with E-state index in [9.17, 15) is 8.42 Å². The van der Waals surface area contributed by atoms with Gasteiger partial charge in [0.15, 0.2) is 5.82 Å². The highest BCUT2D eigenvalue weighted by molar-refractivity contribution is 9.10. The number of nitrogens with one attached hydrogen (secondary N) is 2. The van der Waals surface area contributed by atoms with Crippen LogP contribution in [0, 0.1) is 13.8 Å². The number of aromatic amines is 1. The minimum Gasteiger partial charge on any atom is -0.276 e. The van der Waals surface area contributed by atoms with Crippen LogP contribution in [0.25, 0.3) is 11.3 Å². The zero-order chi connectivity index (χ0) is 19.6. The lowest BCUT2D eigenvalue weighted by Crippen LogP contribution is -2.16. The summed E-state index contributed by atoms with van der Waals surface area (Å²) in [6.07, 6.45) is 2.14. The molecule has 0 fully saturated rings. The molecule has 0 radical (unpaired) electrons. The molecule has 0 unspecified atom stereocenters. The highest BCUT2D eigenvalue weighted by atomic mass is 79.9. The molecule has 0 saturated heterocycles. The number of H-pyrrole nitrogens is 1.